The SMILES string of the molecule is COc1ccc(C(=O)c2c(Br)nnn2C)cc1F. The lowest BCUT2D eigenvalue weighted by atomic mass is 10.1. The Balaban J connectivity index is 2.44. The molecule has 0 saturated heterocycles. The molecular weight excluding hydrogens is 305 g/mol. The van der Waals surface area contributed by atoms with E-state index in [4.69, 9.17) is 4.74 Å². The average Bonchev–Trinajstić information content (AvgIpc) is 2.68. The molecule has 1 aromatic carbocycles. The third-order valence-corrected chi connectivity index (χ3v) is 2.95. The Morgan fingerprint density at radius 2 is 2.22 bits per heavy atom. The first-order valence-corrected chi connectivity index (χ1v) is 5.77. The van der Waals surface area contributed by atoms with Crippen LogP contribution in [0.25, 0.3) is 0 Å². The van der Waals surface area contributed by atoms with E-state index in [1.165, 1.54) is 23.9 Å². The average molecular weight is 314 g/mol. The van der Waals surface area contributed by atoms with Gasteiger partial charge in [0.1, 0.15) is 5.69 Å². The maximum atomic E-state index is 13.5. The van der Waals surface area contributed by atoms with E-state index in [-0.39, 0.29) is 22.8 Å². The van der Waals surface area contributed by atoms with Crippen molar-refractivity contribution >= 4 is 21.7 Å². The van der Waals surface area contributed by atoms with Gasteiger partial charge >= 0.3 is 0 Å². The van der Waals surface area contributed by atoms with E-state index in [0.29, 0.717) is 4.60 Å². The summed E-state index contributed by atoms with van der Waals surface area (Å²) in [7, 11) is 2.95. The van der Waals surface area contributed by atoms with Crippen LogP contribution < -0.4 is 4.74 Å². The van der Waals surface area contributed by atoms with Crippen LogP contribution in [0.4, 0.5) is 4.39 Å². The molecule has 0 bridgehead atoms. The van der Waals surface area contributed by atoms with E-state index in [0.717, 1.165) is 6.07 Å². The molecule has 0 spiro atoms. The fraction of sp³-hybridized carbons (Fsp3) is 0.182. The Morgan fingerprint density at radius 1 is 1.50 bits per heavy atom. The molecule has 0 saturated carbocycles. The van der Waals surface area contributed by atoms with E-state index in [9.17, 15) is 9.18 Å². The maximum Gasteiger partial charge on any atom is 0.213 e. The van der Waals surface area contributed by atoms with Crippen LogP contribution in [-0.4, -0.2) is 27.9 Å². The third-order valence-electron chi connectivity index (χ3n) is 2.41. The lowest BCUT2D eigenvalue weighted by molar-refractivity contribution is 0.102. The molecule has 2 aromatic rings. The molecule has 18 heavy (non-hydrogen) atoms. The van der Waals surface area contributed by atoms with Gasteiger partial charge in [-0.3, -0.25) is 4.79 Å². The van der Waals surface area contributed by atoms with E-state index in [2.05, 4.69) is 26.2 Å². The van der Waals surface area contributed by atoms with Crippen LogP contribution in [0, 0.1) is 5.82 Å². The highest BCUT2D eigenvalue weighted by atomic mass is 79.9. The number of nitrogens with zero attached hydrogens (tertiary/aromatic N) is 3. The van der Waals surface area contributed by atoms with Crippen molar-refractivity contribution in [2.45, 2.75) is 0 Å². The number of rotatable bonds is 3. The Kier molecular flexibility index (Phi) is 3.42. The maximum absolute atomic E-state index is 13.5. The molecule has 0 unspecified atom stereocenters. The summed E-state index contributed by atoms with van der Waals surface area (Å²) in [4.78, 5) is 12.2. The number of halogens is 2. The second kappa shape index (κ2) is 4.85. The molecule has 1 aromatic heterocycles. The fourth-order valence-electron chi connectivity index (χ4n) is 1.52. The van der Waals surface area contributed by atoms with Gasteiger partial charge in [0.05, 0.1) is 7.11 Å². The number of carbonyl (C=O) groups is 1. The molecule has 7 heteroatoms. The van der Waals surface area contributed by atoms with Gasteiger partial charge in [0.2, 0.25) is 5.78 Å². The van der Waals surface area contributed by atoms with E-state index in [1.54, 1.807) is 7.05 Å². The number of hydrogen-bond donors (Lipinski definition) is 0. The molecule has 1 heterocycles. The van der Waals surface area contributed by atoms with Crippen molar-refractivity contribution in [1.29, 1.82) is 0 Å². The van der Waals surface area contributed by atoms with Crippen molar-refractivity contribution in [2.75, 3.05) is 7.11 Å². The summed E-state index contributed by atoms with van der Waals surface area (Å²) in [5, 5.41) is 7.41. The molecule has 0 atom stereocenters. The Labute approximate surface area is 111 Å². The van der Waals surface area contributed by atoms with E-state index in [1.807, 2.05) is 0 Å². The molecule has 5 nitrogen and oxygen atoms in total. The Morgan fingerprint density at radius 3 is 2.72 bits per heavy atom. The number of aryl methyl sites for hydroxylation is 1. The summed E-state index contributed by atoms with van der Waals surface area (Å²) in [6, 6.07) is 4.02. The minimum Gasteiger partial charge on any atom is -0.494 e. The van der Waals surface area contributed by atoms with Crippen molar-refractivity contribution in [1.82, 2.24) is 15.0 Å². The number of aromatic nitrogens is 3. The molecule has 0 fully saturated rings. The van der Waals surface area contributed by atoms with Crippen LogP contribution in [0.15, 0.2) is 22.8 Å². The highest BCUT2D eigenvalue weighted by molar-refractivity contribution is 9.10. The predicted octanol–water partition coefficient (Wildman–Crippen LogP) is 1.96. The zero-order valence-electron chi connectivity index (χ0n) is 9.65. The molecule has 0 radical (unpaired) electrons. The first-order valence-electron chi connectivity index (χ1n) is 4.98. The Hall–Kier alpha value is -1.76. The molecule has 0 aliphatic rings. The topological polar surface area (TPSA) is 57.0 Å². The molecule has 0 N–H and O–H groups in total. The zero-order valence-corrected chi connectivity index (χ0v) is 11.2. The number of benzene rings is 1. The molecular formula is C11H9BrFN3O2. The Bertz CT molecular complexity index is 593. The van der Waals surface area contributed by atoms with Crippen LogP contribution in [0.2, 0.25) is 0 Å². The predicted molar refractivity (Wildman–Crippen MR) is 65.1 cm³/mol. The lowest BCUT2D eigenvalue weighted by Crippen LogP contribution is -2.09. The van der Waals surface area contributed by atoms with Crippen LogP contribution in [0.5, 0.6) is 5.75 Å². The summed E-state index contributed by atoms with van der Waals surface area (Å²) in [5.41, 5.74) is 0.471. The van der Waals surface area contributed by atoms with Crippen molar-refractivity contribution in [3.8, 4) is 5.75 Å². The fourth-order valence-corrected chi connectivity index (χ4v) is 2.02. The second-order valence-corrected chi connectivity index (χ2v) is 4.28. The minimum atomic E-state index is -0.588. The number of methoxy groups -OCH3 is 1. The first kappa shape index (κ1) is 12.7. The second-order valence-electron chi connectivity index (χ2n) is 3.53. The van der Waals surface area contributed by atoms with Gasteiger partial charge in [-0.15, -0.1) is 5.10 Å². The standard InChI is InChI=1S/C11H9BrFN3O2/c1-16-9(11(12)14-15-16)10(17)6-3-4-8(18-2)7(13)5-6/h3-5H,1-2H3. The van der Waals surface area contributed by atoms with Crippen molar-refractivity contribution < 1.29 is 13.9 Å². The smallest absolute Gasteiger partial charge is 0.213 e. The number of ether oxygens (including phenoxy) is 1. The molecule has 94 valence electrons. The first-order chi connectivity index (χ1) is 8.54. The van der Waals surface area contributed by atoms with Crippen LogP contribution in [0.3, 0.4) is 0 Å². The zero-order chi connectivity index (χ0) is 13.3. The van der Waals surface area contributed by atoms with Crippen LogP contribution in [0.1, 0.15) is 16.1 Å². The highest BCUT2D eigenvalue weighted by Gasteiger charge is 2.19. The van der Waals surface area contributed by atoms with Gasteiger partial charge in [0, 0.05) is 12.6 Å². The number of carbonyl (C=O) groups excluding carboxylic acids is 1. The summed E-state index contributed by atoms with van der Waals surface area (Å²) in [6.07, 6.45) is 0. The summed E-state index contributed by atoms with van der Waals surface area (Å²) in [5.74, 6) is -0.862. The largest absolute Gasteiger partial charge is 0.494 e. The van der Waals surface area contributed by atoms with Crippen molar-refractivity contribution in [2.24, 2.45) is 7.05 Å². The van der Waals surface area contributed by atoms with Gasteiger partial charge in [0.15, 0.2) is 16.2 Å². The normalized spacial score (nSPS) is 10.4. The minimum absolute atomic E-state index is 0.0914. The quantitative estimate of drug-likeness (QED) is 0.813. The van der Waals surface area contributed by atoms with Gasteiger partial charge in [-0.05, 0) is 34.1 Å². The number of ketones is 1. The highest BCUT2D eigenvalue weighted by Crippen LogP contribution is 2.21. The van der Waals surface area contributed by atoms with Crippen LogP contribution in [-0.2, 0) is 7.05 Å². The summed E-state index contributed by atoms with van der Waals surface area (Å²) in [6.45, 7) is 0. The van der Waals surface area contributed by atoms with Gasteiger partial charge in [-0.1, -0.05) is 5.21 Å². The molecule has 2 rings (SSSR count). The van der Waals surface area contributed by atoms with E-state index >= 15 is 0 Å². The third kappa shape index (κ3) is 2.13. The summed E-state index contributed by atoms with van der Waals surface area (Å²) >= 11 is 3.13. The van der Waals surface area contributed by atoms with E-state index < -0.39 is 5.82 Å². The van der Waals surface area contributed by atoms with Crippen LogP contribution >= 0.6 is 15.9 Å². The summed E-state index contributed by atoms with van der Waals surface area (Å²) < 4.78 is 20.0. The lowest BCUT2D eigenvalue weighted by Gasteiger charge is -2.04. The molecule has 0 aliphatic heterocycles. The van der Waals surface area contributed by atoms with Gasteiger partial charge < -0.3 is 4.74 Å². The van der Waals surface area contributed by atoms with Crippen molar-refractivity contribution in [3.05, 3.63) is 39.9 Å². The van der Waals surface area contributed by atoms with Gasteiger partial charge in [0.25, 0.3) is 0 Å². The van der Waals surface area contributed by atoms with Crippen molar-refractivity contribution in [3.63, 3.8) is 0 Å². The van der Waals surface area contributed by atoms with Gasteiger partial charge in [-0.2, -0.15) is 0 Å². The monoisotopic (exact) mass is 313 g/mol. The molecule has 0 aliphatic carbocycles. The van der Waals surface area contributed by atoms with Gasteiger partial charge in [-0.25, -0.2) is 9.07 Å². The number of hydrogen-bond acceptors (Lipinski definition) is 4. The molecule has 0 amide bonds.